The van der Waals surface area contributed by atoms with Crippen molar-refractivity contribution < 1.29 is 4.79 Å². The average molecular weight is 366 g/mol. The lowest BCUT2D eigenvalue weighted by Crippen LogP contribution is -2.38. The number of halogens is 2. The Kier molecular flexibility index (Phi) is 6.27. The Labute approximate surface area is 121 Å². The first kappa shape index (κ1) is 14.8. The van der Waals surface area contributed by atoms with Gasteiger partial charge in [-0.3, -0.25) is 4.79 Å². The van der Waals surface area contributed by atoms with E-state index >= 15 is 0 Å². The van der Waals surface area contributed by atoms with Crippen LogP contribution in [0.5, 0.6) is 0 Å². The van der Waals surface area contributed by atoms with Crippen molar-refractivity contribution in [2.24, 2.45) is 0 Å². The summed E-state index contributed by atoms with van der Waals surface area (Å²) < 4.78 is 0.992. The van der Waals surface area contributed by atoms with Gasteiger partial charge in [0, 0.05) is 22.0 Å². The van der Waals surface area contributed by atoms with Crippen LogP contribution in [-0.2, 0) is 0 Å². The van der Waals surface area contributed by atoms with Gasteiger partial charge in [-0.25, -0.2) is 0 Å². The Balaban J connectivity index is 2.88. The summed E-state index contributed by atoms with van der Waals surface area (Å²) in [5, 5.41) is 0. The van der Waals surface area contributed by atoms with E-state index in [9.17, 15) is 4.79 Å². The molecule has 0 saturated carbocycles. The molecular weight excluding hydrogens is 349 g/mol. The molecule has 94 valence electrons. The third-order valence-corrected chi connectivity index (χ3v) is 3.73. The van der Waals surface area contributed by atoms with Crippen molar-refractivity contribution >= 4 is 40.1 Å². The number of benzene rings is 1. The highest BCUT2D eigenvalue weighted by Crippen LogP contribution is 2.16. The lowest BCUT2D eigenvalue weighted by molar-refractivity contribution is 0.0705. The molecule has 0 aromatic heterocycles. The Morgan fingerprint density at radius 1 is 1.41 bits per heavy atom. The van der Waals surface area contributed by atoms with Crippen LogP contribution in [0.1, 0.15) is 30.6 Å². The van der Waals surface area contributed by atoms with E-state index in [4.69, 9.17) is 11.6 Å². The minimum atomic E-state index is 0.0927. The molecule has 0 aliphatic carbocycles. The average Bonchev–Trinajstić information content (AvgIpc) is 2.29. The van der Waals surface area contributed by atoms with Crippen LogP contribution < -0.4 is 0 Å². The van der Waals surface area contributed by atoms with E-state index in [1.807, 2.05) is 43.0 Å². The predicted molar refractivity (Wildman–Crippen MR) is 80.7 cm³/mol. The van der Waals surface area contributed by atoms with Crippen molar-refractivity contribution in [3.8, 4) is 0 Å². The zero-order valence-corrected chi connectivity index (χ0v) is 13.0. The van der Waals surface area contributed by atoms with Crippen molar-refractivity contribution in [3.05, 3.63) is 33.4 Å². The molecule has 0 bridgehead atoms. The second-order valence-corrected chi connectivity index (χ2v) is 5.65. The topological polar surface area (TPSA) is 20.3 Å². The molecule has 0 unspecified atom stereocenters. The first-order valence-electron chi connectivity index (χ1n) is 5.69. The van der Waals surface area contributed by atoms with Crippen LogP contribution in [0.15, 0.2) is 24.3 Å². The van der Waals surface area contributed by atoms with Crippen molar-refractivity contribution in [3.63, 3.8) is 0 Å². The zero-order chi connectivity index (χ0) is 12.8. The van der Waals surface area contributed by atoms with E-state index in [1.54, 1.807) is 0 Å². The number of rotatable bonds is 5. The third kappa shape index (κ3) is 4.14. The summed E-state index contributed by atoms with van der Waals surface area (Å²) in [5.74, 6) is 0.678. The molecular formula is C13H17ClINO. The minimum absolute atomic E-state index is 0.0927. The Morgan fingerprint density at radius 3 is 2.59 bits per heavy atom. The molecule has 2 nitrogen and oxygen atoms in total. The first-order valence-corrected chi connectivity index (χ1v) is 7.30. The summed E-state index contributed by atoms with van der Waals surface area (Å²) in [5.41, 5.74) is 0.774. The summed E-state index contributed by atoms with van der Waals surface area (Å²) in [6.45, 7) is 4.77. The number of amides is 1. The van der Waals surface area contributed by atoms with Crippen LogP contribution in [0.4, 0.5) is 0 Å². The van der Waals surface area contributed by atoms with E-state index in [2.05, 4.69) is 22.6 Å². The summed E-state index contributed by atoms with van der Waals surface area (Å²) in [7, 11) is 0. The largest absolute Gasteiger partial charge is 0.336 e. The predicted octanol–water partition coefficient (Wildman–Crippen LogP) is 3.77. The fourth-order valence-electron chi connectivity index (χ4n) is 1.61. The van der Waals surface area contributed by atoms with Crippen LogP contribution >= 0.6 is 34.2 Å². The maximum atomic E-state index is 12.4. The SMILES string of the molecule is CC(C)N(CCCCl)C(=O)c1ccccc1I. The molecule has 0 heterocycles. The molecule has 4 heteroatoms. The smallest absolute Gasteiger partial charge is 0.255 e. The summed E-state index contributed by atoms with van der Waals surface area (Å²) in [4.78, 5) is 14.3. The van der Waals surface area contributed by atoms with Crippen molar-refractivity contribution in [1.82, 2.24) is 4.90 Å². The highest BCUT2D eigenvalue weighted by molar-refractivity contribution is 14.1. The third-order valence-electron chi connectivity index (χ3n) is 2.52. The van der Waals surface area contributed by atoms with E-state index < -0.39 is 0 Å². The molecule has 0 fully saturated rings. The maximum Gasteiger partial charge on any atom is 0.255 e. The van der Waals surface area contributed by atoms with Crippen LogP contribution in [0, 0.1) is 3.57 Å². The number of carbonyl (C=O) groups is 1. The number of alkyl halides is 1. The monoisotopic (exact) mass is 365 g/mol. The van der Waals surface area contributed by atoms with Gasteiger partial charge in [0.25, 0.3) is 5.91 Å². The number of hydrogen-bond donors (Lipinski definition) is 0. The second kappa shape index (κ2) is 7.21. The second-order valence-electron chi connectivity index (χ2n) is 4.11. The quantitative estimate of drug-likeness (QED) is 0.574. The van der Waals surface area contributed by atoms with Crippen molar-refractivity contribution in [2.75, 3.05) is 12.4 Å². The van der Waals surface area contributed by atoms with Gasteiger partial charge < -0.3 is 4.90 Å². The number of nitrogens with zero attached hydrogens (tertiary/aromatic N) is 1. The molecule has 1 aromatic carbocycles. The molecule has 0 N–H and O–H groups in total. The normalized spacial score (nSPS) is 10.6. The van der Waals surface area contributed by atoms with Gasteiger partial charge in [-0.05, 0) is 55.0 Å². The lowest BCUT2D eigenvalue weighted by Gasteiger charge is -2.27. The molecule has 0 spiro atoms. The van der Waals surface area contributed by atoms with Crippen molar-refractivity contribution in [2.45, 2.75) is 26.3 Å². The van der Waals surface area contributed by atoms with Crippen molar-refractivity contribution in [1.29, 1.82) is 0 Å². The van der Waals surface area contributed by atoms with E-state index in [1.165, 1.54) is 0 Å². The lowest BCUT2D eigenvalue weighted by atomic mass is 10.1. The van der Waals surface area contributed by atoms with E-state index in [0.717, 1.165) is 15.6 Å². The first-order chi connectivity index (χ1) is 8.07. The van der Waals surface area contributed by atoms with Gasteiger partial charge in [-0.2, -0.15) is 0 Å². The molecule has 1 rings (SSSR count). The van der Waals surface area contributed by atoms with Crippen LogP contribution in [-0.4, -0.2) is 29.3 Å². The Morgan fingerprint density at radius 2 is 2.06 bits per heavy atom. The number of carbonyl (C=O) groups excluding carboxylic acids is 1. The van der Waals surface area contributed by atoms with Gasteiger partial charge in [-0.1, -0.05) is 12.1 Å². The molecule has 0 saturated heterocycles. The van der Waals surface area contributed by atoms with Gasteiger partial charge in [0.05, 0.1) is 5.56 Å². The molecule has 17 heavy (non-hydrogen) atoms. The highest BCUT2D eigenvalue weighted by atomic mass is 127. The fraction of sp³-hybridized carbons (Fsp3) is 0.462. The summed E-state index contributed by atoms with van der Waals surface area (Å²) >= 11 is 7.89. The molecule has 0 aliphatic rings. The van der Waals surface area contributed by atoms with Gasteiger partial charge >= 0.3 is 0 Å². The molecule has 0 radical (unpaired) electrons. The minimum Gasteiger partial charge on any atom is -0.336 e. The van der Waals surface area contributed by atoms with E-state index in [-0.39, 0.29) is 11.9 Å². The zero-order valence-electron chi connectivity index (χ0n) is 10.1. The van der Waals surface area contributed by atoms with Gasteiger partial charge in [0.15, 0.2) is 0 Å². The molecule has 1 amide bonds. The summed E-state index contributed by atoms with van der Waals surface area (Å²) in [6, 6.07) is 7.86. The molecule has 1 aromatic rings. The summed E-state index contributed by atoms with van der Waals surface area (Å²) in [6.07, 6.45) is 0.828. The van der Waals surface area contributed by atoms with Gasteiger partial charge in [-0.15, -0.1) is 11.6 Å². The Bertz CT molecular complexity index is 381. The highest BCUT2D eigenvalue weighted by Gasteiger charge is 2.19. The molecule has 0 aliphatic heterocycles. The van der Waals surface area contributed by atoms with Crippen LogP contribution in [0.3, 0.4) is 0 Å². The van der Waals surface area contributed by atoms with Crippen LogP contribution in [0.2, 0.25) is 0 Å². The fourth-order valence-corrected chi connectivity index (χ4v) is 2.35. The molecule has 0 atom stereocenters. The number of hydrogen-bond acceptors (Lipinski definition) is 1. The van der Waals surface area contributed by atoms with Crippen LogP contribution in [0.25, 0.3) is 0 Å². The van der Waals surface area contributed by atoms with E-state index in [0.29, 0.717) is 12.4 Å². The maximum absolute atomic E-state index is 12.4. The van der Waals surface area contributed by atoms with Gasteiger partial charge in [0.2, 0.25) is 0 Å². The Hall–Kier alpha value is -0.290. The standard InChI is InChI=1S/C13H17ClINO/c1-10(2)16(9-5-8-14)13(17)11-6-3-4-7-12(11)15/h3-4,6-7,10H,5,8-9H2,1-2H3. The van der Waals surface area contributed by atoms with Gasteiger partial charge in [0.1, 0.15) is 0 Å².